The van der Waals surface area contributed by atoms with Gasteiger partial charge in [0, 0.05) is 6.54 Å². The van der Waals surface area contributed by atoms with Gasteiger partial charge >= 0.3 is 0 Å². The summed E-state index contributed by atoms with van der Waals surface area (Å²) < 4.78 is 0. The van der Waals surface area contributed by atoms with Crippen LogP contribution in [0.5, 0.6) is 0 Å². The zero-order chi connectivity index (χ0) is 13.1. The van der Waals surface area contributed by atoms with Gasteiger partial charge in [-0.2, -0.15) is 0 Å². The van der Waals surface area contributed by atoms with Crippen LogP contribution in [0.1, 0.15) is 38.1 Å². The van der Waals surface area contributed by atoms with E-state index in [2.05, 4.69) is 43.0 Å². The van der Waals surface area contributed by atoms with E-state index in [1.165, 1.54) is 6.33 Å². The molecular formula is C12H18ClN3O. The van der Waals surface area contributed by atoms with E-state index in [0.29, 0.717) is 23.6 Å². The number of aromatic nitrogens is 2. The molecule has 1 N–H and O–H groups in total. The normalized spacial score (nSPS) is 11.6. The maximum absolute atomic E-state index is 10.9. The molecule has 0 saturated heterocycles. The van der Waals surface area contributed by atoms with Crippen molar-refractivity contribution in [3.05, 3.63) is 17.0 Å². The van der Waals surface area contributed by atoms with Crippen molar-refractivity contribution in [2.45, 2.75) is 27.7 Å². The van der Waals surface area contributed by atoms with E-state index in [1.54, 1.807) is 0 Å². The van der Waals surface area contributed by atoms with Crippen LogP contribution in [0.4, 0.5) is 5.82 Å². The summed E-state index contributed by atoms with van der Waals surface area (Å²) in [5, 5.41) is 3.34. The molecule has 17 heavy (non-hydrogen) atoms. The molecule has 1 heterocycles. The molecular weight excluding hydrogens is 238 g/mol. The molecule has 0 fully saturated rings. The van der Waals surface area contributed by atoms with Gasteiger partial charge in [-0.1, -0.05) is 39.3 Å². The highest BCUT2D eigenvalue weighted by atomic mass is 35.5. The van der Waals surface area contributed by atoms with Crippen molar-refractivity contribution in [2.75, 3.05) is 11.9 Å². The Kier molecular flexibility index (Phi) is 4.46. The summed E-state index contributed by atoms with van der Waals surface area (Å²) >= 11 is 5.82. The first-order chi connectivity index (χ1) is 7.88. The van der Waals surface area contributed by atoms with Gasteiger partial charge in [0.2, 0.25) is 0 Å². The quantitative estimate of drug-likeness (QED) is 0.649. The molecule has 0 spiro atoms. The minimum absolute atomic E-state index is 0.109. The molecule has 1 aromatic heterocycles. The molecule has 94 valence electrons. The van der Waals surface area contributed by atoms with E-state index in [0.717, 1.165) is 6.54 Å². The van der Waals surface area contributed by atoms with Crippen LogP contribution in [0.15, 0.2) is 6.33 Å². The molecule has 0 aromatic carbocycles. The minimum Gasteiger partial charge on any atom is -0.369 e. The van der Waals surface area contributed by atoms with Crippen LogP contribution < -0.4 is 5.32 Å². The highest BCUT2D eigenvalue weighted by Gasteiger charge is 2.22. The van der Waals surface area contributed by atoms with E-state index in [-0.39, 0.29) is 10.6 Å². The van der Waals surface area contributed by atoms with Crippen LogP contribution in [0, 0.1) is 11.3 Å². The molecule has 0 bridgehead atoms. The number of carbonyl (C=O) groups excluding carboxylic acids is 1. The van der Waals surface area contributed by atoms with Crippen LogP contribution >= 0.6 is 11.6 Å². The summed E-state index contributed by atoms with van der Waals surface area (Å²) in [5.41, 5.74) is 0.422. The maximum Gasteiger partial charge on any atom is 0.156 e. The molecule has 0 aliphatic rings. The summed E-state index contributed by atoms with van der Waals surface area (Å²) in [7, 11) is 0. The van der Waals surface area contributed by atoms with Crippen LogP contribution in [0.25, 0.3) is 0 Å². The lowest BCUT2D eigenvalue weighted by atomic mass is 9.81. The van der Waals surface area contributed by atoms with Crippen molar-refractivity contribution in [1.29, 1.82) is 0 Å². The van der Waals surface area contributed by atoms with Crippen LogP contribution in [0.3, 0.4) is 0 Å². The van der Waals surface area contributed by atoms with Gasteiger partial charge < -0.3 is 5.32 Å². The molecule has 0 aliphatic heterocycles. The second kappa shape index (κ2) is 5.45. The molecule has 0 aliphatic carbocycles. The van der Waals surface area contributed by atoms with Crippen molar-refractivity contribution in [3.8, 4) is 0 Å². The lowest BCUT2D eigenvalue weighted by Gasteiger charge is -2.29. The van der Waals surface area contributed by atoms with E-state index in [9.17, 15) is 4.79 Å². The number of nitrogens with zero attached hydrogens (tertiary/aromatic N) is 2. The van der Waals surface area contributed by atoms with Gasteiger partial charge in [-0.05, 0) is 11.3 Å². The Bertz CT molecular complexity index is 405. The monoisotopic (exact) mass is 255 g/mol. The lowest BCUT2D eigenvalue weighted by molar-refractivity contribution is 0.112. The van der Waals surface area contributed by atoms with Crippen molar-refractivity contribution in [1.82, 2.24) is 9.97 Å². The van der Waals surface area contributed by atoms with Crippen LogP contribution in [-0.2, 0) is 0 Å². The third-order valence-corrected chi connectivity index (χ3v) is 3.53. The van der Waals surface area contributed by atoms with Gasteiger partial charge in [0.1, 0.15) is 17.3 Å². The summed E-state index contributed by atoms with van der Waals surface area (Å²) in [6.45, 7) is 9.37. The number of aldehydes is 1. The number of hydrogen-bond acceptors (Lipinski definition) is 4. The Labute approximate surface area is 107 Å². The van der Waals surface area contributed by atoms with E-state index in [4.69, 9.17) is 11.6 Å². The predicted octanol–water partition coefficient (Wildman–Crippen LogP) is 3.04. The fraction of sp³-hybridized carbons (Fsp3) is 0.583. The number of halogens is 1. The van der Waals surface area contributed by atoms with Gasteiger partial charge in [0.25, 0.3) is 0 Å². The van der Waals surface area contributed by atoms with Gasteiger partial charge in [0.05, 0.1) is 5.56 Å². The first kappa shape index (κ1) is 13.9. The molecule has 0 unspecified atom stereocenters. The Morgan fingerprint density at radius 1 is 1.47 bits per heavy atom. The molecule has 1 aromatic rings. The Hall–Kier alpha value is -1.16. The lowest BCUT2D eigenvalue weighted by Crippen LogP contribution is -2.29. The second-order valence-electron chi connectivity index (χ2n) is 5.04. The molecule has 0 radical (unpaired) electrons. The topological polar surface area (TPSA) is 54.9 Å². The van der Waals surface area contributed by atoms with Crippen LogP contribution in [0.2, 0.25) is 5.15 Å². The van der Waals surface area contributed by atoms with Gasteiger partial charge in [-0.25, -0.2) is 9.97 Å². The zero-order valence-electron chi connectivity index (χ0n) is 10.6. The molecule has 5 heteroatoms. The largest absolute Gasteiger partial charge is 0.369 e. The predicted molar refractivity (Wildman–Crippen MR) is 69.5 cm³/mol. The fourth-order valence-corrected chi connectivity index (χ4v) is 1.31. The van der Waals surface area contributed by atoms with Crippen molar-refractivity contribution in [2.24, 2.45) is 11.3 Å². The molecule has 4 nitrogen and oxygen atoms in total. The van der Waals surface area contributed by atoms with Gasteiger partial charge in [-0.3, -0.25) is 4.79 Å². The summed E-state index contributed by atoms with van der Waals surface area (Å²) in [4.78, 5) is 18.7. The number of hydrogen-bond donors (Lipinski definition) is 1. The number of nitrogens with one attached hydrogen (secondary N) is 1. The molecule has 0 atom stereocenters. The first-order valence-corrected chi connectivity index (χ1v) is 5.96. The molecule has 0 amide bonds. The van der Waals surface area contributed by atoms with Gasteiger partial charge in [-0.15, -0.1) is 0 Å². The average Bonchev–Trinajstić information content (AvgIpc) is 2.26. The molecule has 1 rings (SSSR count). The summed E-state index contributed by atoms with van der Waals surface area (Å²) in [5.74, 6) is 1.01. The van der Waals surface area contributed by atoms with Gasteiger partial charge in [0.15, 0.2) is 6.29 Å². The highest BCUT2D eigenvalue weighted by molar-refractivity contribution is 6.32. The standard InChI is InChI=1S/C12H18ClN3O/c1-8(2)12(3,4)6-14-11-9(5-17)10(13)15-7-16-11/h5,7-8H,6H2,1-4H3,(H,14,15,16). The minimum atomic E-state index is 0.109. The van der Waals surface area contributed by atoms with Crippen molar-refractivity contribution >= 4 is 23.7 Å². The second-order valence-corrected chi connectivity index (χ2v) is 5.40. The third kappa shape index (κ3) is 3.40. The Morgan fingerprint density at radius 3 is 2.65 bits per heavy atom. The van der Waals surface area contributed by atoms with E-state index in [1.807, 2.05) is 0 Å². The maximum atomic E-state index is 10.9. The third-order valence-electron chi connectivity index (χ3n) is 3.23. The number of carbonyl (C=O) groups is 1. The molecule has 0 saturated carbocycles. The first-order valence-electron chi connectivity index (χ1n) is 5.58. The SMILES string of the molecule is CC(C)C(C)(C)CNc1ncnc(Cl)c1C=O. The Morgan fingerprint density at radius 2 is 2.12 bits per heavy atom. The zero-order valence-corrected chi connectivity index (χ0v) is 11.4. The smallest absolute Gasteiger partial charge is 0.156 e. The van der Waals surface area contributed by atoms with Crippen molar-refractivity contribution in [3.63, 3.8) is 0 Å². The summed E-state index contributed by atoms with van der Waals surface area (Å²) in [6, 6.07) is 0. The van der Waals surface area contributed by atoms with E-state index < -0.39 is 0 Å². The number of rotatable bonds is 5. The fourth-order valence-electron chi connectivity index (χ4n) is 1.14. The summed E-state index contributed by atoms with van der Waals surface area (Å²) in [6.07, 6.45) is 2.02. The van der Waals surface area contributed by atoms with Crippen LogP contribution in [-0.4, -0.2) is 22.8 Å². The Balaban J connectivity index is 2.83. The highest BCUT2D eigenvalue weighted by Crippen LogP contribution is 2.27. The number of anilines is 1. The average molecular weight is 256 g/mol. The van der Waals surface area contributed by atoms with Crippen molar-refractivity contribution < 1.29 is 4.79 Å². The van der Waals surface area contributed by atoms with E-state index >= 15 is 0 Å².